The van der Waals surface area contributed by atoms with Crippen LogP contribution in [0, 0.1) is 0 Å². The second kappa shape index (κ2) is 8.40. The fourth-order valence-electron chi connectivity index (χ4n) is 1.50. The third-order valence-corrected chi connectivity index (χ3v) is 3.45. The molecule has 0 aromatic heterocycles. The van der Waals surface area contributed by atoms with Crippen LogP contribution >= 0.6 is 23.4 Å². The zero-order valence-corrected chi connectivity index (χ0v) is 12.2. The van der Waals surface area contributed by atoms with Crippen LogP contribution in [-0.2, 0) is 15.3 Å². The SMILES string of the molecule is COCC(C)NC(=O)CSCc1cccc(Cl)c1. The molecule has 1 aromatic rings. The lowest BCUT2D eigenvalue weighted by Gasteiger charge is -2.12. The largest absolute Gasteiger partial charge is 0.383 e. The molecule has 100 valence electrons. The number of ether oxygens (including phenoxy) is 1. The number of halogens is 1. The molecule has 5 heteroatoms. The first kappa shape index (κ1) is 15.3. The average molecular weight is 288 g/mol. The summed E-state index contributed by atoms with van der Waals surface area (Å²) >= 11 is 7.46. The van der Waals surface area contributed by atoms with Gasteiger partial charge in [0, 0.05) is 23.9 Å². The summed E-state index contributed by atoms with van der Waals surface area (Å²) in [5.74, 6) is 1.26. The summed E-state index contributed by atoms with van der Waals surface area (Å²) in [6.07, 6.45) is 0. The van der Waals surface area contributed by atoms with E-state index in [0.29, 0.717) is 12.4 Å². The van der Waals surface area contributed by atoms with Crippen LogP contribution in [0.25, 0.3) is 0 Å². The minimum Gasteiger partial charge on any atom is -0.383 e. The molecule has 1 atom stereocenters. The van der Waals surface area contributed by atoms with Gasteiger partial charge < -0.3 is 10.1 Å². The lowest BCUT2D eigenvalue weighted by Crippen LogP contribution is -2.36. The monoisotopic (exact) mass is 287 g/mol. The Kier molecular flexibility index (Phi) is 7.16. The number of thioether (sulfide) groups is 1. The molecule has 0 aliphatic carbocycles. The minimum atomic E-state index is 0.0339. The molecule has 0 heterocycles. The van der Waals surface area contributed by atoms with E-state index in [0.717, 1.165) is 16.3 Å². The van der Waals surface area contributed by atoms with Gasteiger partial charge in [-0.2, -0.15) is 0 Å². The van der Waals surface area contributed by atoms with E-state index in [4.69, 9.17) is 16.3 Å². The quantitative estimate of drug-likeness (QED) is 0.838. The standard InChI is InChI=1S/C13H18ClNO2S/c1-10(7-17-2)15-13(16)9-18-8-11-4-3-5-12(14)6-11/h3-6,10H,7-9H2,1-2H3,(H,15,16). The van der Waals surface area contributed by atoms with Crippen LogP contribution in [0.1, 0.15) is 12.5 Å². The smallest absolute Gasteiger partial charge is 0.230 e. The van der Waals surface area contributed by atoms with E-state index < -0.39 is 0 Å². The highest BCUT2D eigenvalue weighted by Crippen LogP contribution is 2.16. The summed E-state index contributed by atoms with van der Waals surface area (Å²) in [6.45, 7) is 2.45. The van der Waals surface area contributed by atoms with Gasteiger partial charge in [-0.1, -0.05) is 23.7 Å². The molecular formula is C13H18ClNO2S. The number of nitrogens with one attached hydrogen (secondary N) is 1. The molecule has 1 unspecified atom stereocenters. The predicted octanol–water partition coefficient (Wildman–Crippen LogP) is 2.72. The van der Waals surface area contributed by atoms with Crippen molar-refractivity contribution in [2.45, 2.75) is 18.7 Å². The summed E-state index contributed by atoms with van der Waals surface area (Å²) in [5.41, 5.74) is 1.13. The normalized spacial score (nSPS) is 12.2. The van der Waals surface area contributed by atoms with E-state index in [-0.39, 0.29) is 11.9 Å². The molecule has 0 saturated carbocycles. The Morgan fingerprint density at radius 3 is 3.00 bits per heavy atom. The Bertz CT molecular complexity index is 387. The van der Waals surface area contributed by atoms with Crippen molar-refractivity contribution in [3.8, 4) is 0 Å². The van der Waals surface area contributed by atoms with Crippen LogP contribution in [0.3, 0.4) is 0 Å². The summed E-state index contributed by atoms with van der Waals surface area (Å²) in [6, 6.07) is 7.73. The van der Waals surface area contributed by atoms with Gasteiger partial charge in [-0.15, -0.1) is 11.8 Å². The Balaban J connectivity index is 2.23. The van der Waals surface area contributed by atoms with E-state index in [9.17, 15) is 4.79 Å². The van der Waals surface area contributed by atoms with Crippen molar-refractivity contribution in [3.63, 3.8) is 0 Å². The fraction of sp³-hybridized carbons (Fsp3) is 0.462. The molecule has 0 spiro atoms. The van der Waals surface area contributed by atoms with Crippen molar-refractivity contribution in [2.75, 3.05) is 19.5 Å². The number of hydrogen-bond donors (Lipinski definition) is 1. The molecule has 1 aromatic carbocycles. The fourth-order valence-corrected chi connectivity index (χ4v) is 2.50. The van der Waals surface area contributed by atoms with Crippen molar-refractivity contribution in [3.05, 3.63) is 34.9 Å². The molecule has 0 fully saturated rings. The van der Waals surface area contributed by atoms with Gasteiger partial charge in [0.25, 0.3) is 0 Å². The summed E-state index contributed by atoms with van der Waals surface area (Å²) in [5, 5.41) is 3.60. The van der Waals surface area contributed by atoms with Crippen LogP contribution in [0.5, 0.6) is 0 Å². The van der Waals surface area contributed by atoms with Gasteiger partial charge in [0.1, 0.15) is 0 Å². The molecule has 0 radical (unpaired) electrons. The second-order valence-corrected chi connectivity index (χ2v) is 5.47. The average Bonchev–Trinajstić information content (AvgIpc) is 2.29. The van der Waals surface area contributed by atoms with Gasteiger partial charge in [-0.25, -0.2) is 0 Å². The van der Waals surface area contributed by atoms with Crippen molar-refractivity contribution < 1.29 is 9.53 Å². The maximum atomic E-state index is 11.6. The third-order valence-electron chi connectivity index (χ3n) is 2.21. The molecule has 1 rings (SSSR count). The third kappa shape index (κ3) is 6.28. The van der Waals surface area contributed by atoms with Crippen LogP contribution in [0.15, 0.2) is 24.3 Å². The highest BCUT2D eigenvalue weighted by molar-refractivity contribution is 7.99. The number of amides is 1. The molecule has 0 saturated heterocycles. The summed E-state index contributed by atoms with van der Waals surface area (Å²) in [7, 11) is 1.62. The molecule has 1 amide bonds. The van der Waals surface area contributed by atoms with Crippen LogP contribution in [0.2, 0.25) is 5.02 Å². The van der Waals surface area contributed by atoms with E-state index in [1.807, 2.05) is 31.2 Å². The number of rotatable bonds is 7. The topological polar surface area (TPSA) is 38.3 Å². The van der Waals surface area contributed by atoms with Gasteiger partial charge in [-0.3, -0.25) is 4.79 Å². The lowest BCUT2D eigenvalue weighted by atomic mass is 10.2. The molecule has 18 heavy (non-hydrogen) atoms. The van der Waals surface area contributed by atoms with Gasteiger partial charge in [0.15, 0.2) is 0 Å². The highest BCUT2D eigenvalue weighted by Gasteiger charge is 2.06. The van der Waals surface area contributed by atoms with E-state index in [2.05, 4.69) is 5.32 Å². The van der Waals surface area contributed by atoms with E-state index in [1.54, 1.807) is 18.9 Å². The van der Waals surface area contributed by atoms with Crippen molar-refractivity contribution >= 4 is 29.3 Å². The number of carbonyl (C=O) groups excluding carboxylic acids is 1. The van der Waals surface area contributed by atoms with Crippen molar-refractivity contribution in [1.82, 2.24) is 5.32 Å². The lowest BCUT2D eigenvalue weighted by molar-refractivity contribution is -0.119. The number of hydrogen-bond acceptors (Lipinski definition) is 3. The van der Waals surface area contributed by atoms with Gasteiger partial charge in [-0.05, 0) is 24.6 Å². The zero-order chi connectivity index (χ0) is 13.4. The number of carbonyl (C=O) groups is 1. The number of methoxy groups -OCH3 is 1. The Hall–Kier alpha value is -0.710. The minimum absolute atomic E-state index is 0.0339. The second-order valence-electron chi connectivity index (χ2n) is 4.05. The highest BCUT2D eigenvalue weighted by atomic mass is 35.5. The van der Waals surface area contributed by atoms with Crippen molar-refractivity contribution in [2.24, 2.45) is 0 Å². The molecular weight excluding hydrogens is 270 g/mol. The predicted molar refractivity (Wildman–Crippen MR) is 77.1 cm³/mol. The van der Waals surface area contributed by atoms with E-state index in [1.165, 1.54) is 0 Å². The first-order valence-corrected chi connectivity index (χ1v) is 7.25. The van der Waals surface area contributed by atoms with E-state index >= 15 is 0 Å². The van der Waals surface area contributed by atoms with Crippen LogP contribution in [0.4, 0.5) is 0 Å². The molecule has 3 nitrogen and oxygen atoms in total. The van der Waals surface area contributed by atoms with Crippen LogP contribution < -0.4 is 5.32 Å². The molecule has 0 aliphatic rings. The van der Waals surface area contributed by atoms with Gasteiger partial charge >= 0.3 is 0 Å². The maximum Gasteiger partial charge on any atom is 0.230 e. The first-order chi connectivity index (χ1) is 8.61. The van der Waals surface area contributed by atoms with Gasteiger partial charge in [0.2, 0.25) is 5.91 Å². The maximum absolute atomic E-state index is 11.6. The van der Waals surface area contributed by atoms with Gasteiger partial charge in [0.05, 0.1) is 12.4 Å². The summed E-state index contributed by atoms with van der Waals surface area (Å²) in [4.78, 5) is 11.6. The Morgan fingerprint density at radius 1 is 1.56 bits per heavy atom. The number of benzene rings is 1. The summed E-state index contributed by atoms with van der Waals surface area (Å²) < 4.78 is 4.96. The van der Waals surface area contributed by atoms with Crippen molar-refractivity contribution in [1.29, 1.82) is 0 Å². The molecule has 0 bridgehead atoms. The Labute approximate surface area is 117 Å². The van der Waals surface area contributed by atoms with Crippen LogP contribution in [-0.4, -0.2) is 31.4 Å². The Morgan fingerprint density at radius 2 is 2.33 bits per heavy atom. The first-order valence-electron chi connectivity index (χ1n) is 5.72. The molecule has 1 N–H and O–H groups in total. The zero-order valence-electron chi connectivity index (χ0n) is 10.6. The molecule has 0 aliphatic heterocycles.